The van der Waals surface area contributed by atoms with Gasteiger partial charge in [-0.15, -0.1) is 0 Å². The maximum Gasteiger partial charge on any atom is 0.352 e. The van der Waals surface area contributed by atoms with Gasteiger partial charge in [0.25, 0.3) is 5.40 Å². The molecule has 0 radical (unpaired) electrons. The summed E-state index contributed by atoms with van der Waals surface area (Å²) in [5, 5.41) is -2.49. The Hall–Kier alpha value is -1.10. The number of hydrogen-bond acceptors (Lipinski definition) is 2. The third-order valence-corrected chi connectivity index (χ3v) is 5.63. The third kappa shape index (κ3) is 3.45. The monoisotopic (exact) mass is 292 g/mol. The normalized spacial score (nSPS) is 12.3. The smallest absolute Gasteiger partial charge is 0.352 e. The van der Waals surface area contributed by atoms with Crippen molar-refractivity contribution in [2.24, 2.45) is 0 Å². The molecule has 8 nitrogen and oxygen atoms in total. The van der Waals surface area contributed by atoms with Gasteiger partial charge in [0, 0.05) is 0 Å². The lowest BCUT2D eigenvalue weighted by atomic mass is 10.1. The molecule has 0 spiro atoms. The summed E-state index contributed by atoms with van der Waals surface area (Å²) in [6.07, 6.45) is 0. The van der Waals surface area contributed by atoms with Crippen molar-refractivity contribution in [1.82, 2.24) is 0 Å². The molecule has 0 aliphatic carbocycles. The lowest BCUT2D eigenvalue weighted by Gasteiger charge is -2.15. The largest absolute Gasteiger partial charge is 0.361 e. The Morgan fingerprint density at radius 2 is 1.50 bits per heavy atom. The van der Waals surface area contributed by atoms with Gasteiger partial charge in [0.05, 0.1) is 5.56 Å². The van der Waals surface area contributed by atoms with E-state index in [1.807, 2.05) is 0 Å². The molecule has 0 saturated carbocycles. The summed E-state index contributed by atoms with van der Waals surface area (Å²) in [4.78, 5) is 38.6. The second-order valence-corrected chi connectivity index (χ2v) is 7.20. The molecule has 18 heavy (non-hydrogen) atoms. The van der Waals surface area contributed by atoms with Crippen molar-refractivity contribution in [3.05, 3.63) is 41.4 Å². The molecule has 1 aromatic rings. The molecule has 1 aromatic carbocycles. The summed E-state index contributed by atoms with van der Waals surface area (Å²) in [6.45, 7) is 0. The Labute approximate surface area is 102 Å². The quantitative estimate of drug-likeness (QED) is 0.272. The average Bonchev–Trinajstić information content (AvgIpc) is 2.23. The van der Waals surface area contributed by atoms with Gasteiger partial charge in [-0.1, -0.05) is 18.2 Å². The predicted octanol–water partition coefficient (Wildman–Crippen LogP) is 0.387. The van der Waals surface area contributed by atoms with Crippen LogP contribution in [0, 0.1) is 0 Å². The summed E-state index contributed by atoms with van der Waals surface area (Å²) < 4.78 is 22.3. The van der Waals surface area contributed by atoms with Crippen molar-refractivity contribution in [1.29, 1.82) is 0 Å². The van der Waals surface area contributed by atoms with Gasteiger partial charge in [-0.05, 0) is 12.1 Å². The predicted molar refractivity (Wildman–Crippen MR) is 62.0 cm³/mol. The maximum absolute atomic E-state index is 11.2. The minimum absolute atomic E-state index is 0.0108. The topological polar surface area (TPSA) is 151 Å². The molecule has 0 saturated heterocycles. The lowest BCUT2D eigenvalue weighted by molar-refractivity contribution is -0.00582. The zero-order valence-corrected chi connectivity index (χ0v) is 10.6. The van der Waals surface area contributed by atoms with Gasteiger partial charge in [-0.3, -0.25) is 9.13 Å². The van der Waals surface area contributed by atoms with E-state index in [0.717, 1.165) is 0 Å². The molecule has 98 valence electrons. The van der Waals surface area contributed by atoms with Crippen LogP contribution in [0.5, 0.6) is 0 Å². The zero-order chi connectivity index (χ0) is 14.0. The summed E-state index contributed by atoms with van der Waals surface area (Å²) in [5.74, 6) is 0. The van der Waals surface area contributed by atoms with E-state index in [0.29, 0.717) is 0 Å². The first-order chi connectivity index (χ1) is 8.18. The summed E-state index contributed by atoms with van der Waals surface area (Å²) in [6, 6.07) is 7.15. The fraction of sp³-hybridized carbons (Fsp3) is 0.125. The Morgan fingerprint density at radius 3 is 1.83 bits per heavy atom. The molecule has 0 fully saturated rings. The van der Waals surface area contributed by atoms with Gasteiger partial charge < -0.3 is 25.1 Å². The maximum atomic E-state index is 11.2. The lowest BCUT2D eigenvalue weighted by Crippen LogP contribution is -2.23. The Morgan fingerprint density at radius 1 is 1.06 bits per heavy atom. The summed E-state index contributed by atoms with van der Waals surface area (Å²) in [7, 11) is -10.4. The molecule has 1 rings (SSSR count). The van der Waals surface area contributed by atoms with Crippen molar-refractivity contribution in [2.75, 3.05) is 0 Å². The third-order valence-electron chi connectivity index (χ3n) is 2.06. The van der Waals surface area contributed by atoms with Crippen LogP contribution in [0.1, 0.15) is 5.56 Å². The Kier molecular flexibility index (Phi) is 4.37. The van der Waals surface area contributed by atoms with E-state index in [4.69, 9.17) is 25.1 Å². The van der Waals surface area contributed by atoms with Gasteiger partial charge in [0.1, 0.15) is 0 Å². The average molecular weight is 292 g/mol. The minimum Gasteiger partial charge on any atom is -0.361 e. The molecule has 0 bridgehead atoms. The minimum atomic E-state index is -5.19. The van der Waals surface area contributed by atoms with Crippen molar-refractivity contribution in [3.8, 4) is 0 Å². The zero-order valence-electron chi connectivity index (χ0n) is 8.86. The number of nitrogens with zero attached hydrogens (tertiary/aromatic N) is 2. The second-order valence-electron chi connectivity index (χ2n) is 3.40. The molecule has 0 aromatic heterocycles. The van der Waals surface area contributed by atoms with Crippen LogP contribution in [0.2, 0.25) is 0 Å². The highest BCUT2D eigenvalue weighted by molar-refractivity contribution is 7.72. The molecule has 0 heterocycles. The van der Waals surface area contributed by atoms with Gasteiger partial charge >= 0.3 is 20.9 Å². The van der Waals surface area contributed by atoms with Crippen LogP contribution >= 0.6 is 15.2 Å². The van der Waals surface area contributed by atoms with Crippen LogP contribution in [0.25, 0.3) is 5.53 Å². The molecular weight excluding hydrogens is 282 g/mol. The molecule has 0 unspecified atom stereocenters. The van der Waals surface area contributed by atoms with Crippen LogP contribution in [-0.2, 0) is 9.13 Å². The highest BCUT2D eigenvalue weighted by atomic mass is 31.2. The van der Waals surface area contributed by atoms with Crippen molar-refractivity contribution in [3.63, 3.8) is 0 Å². The molecule has 10 heteroatoms. The molecule has 0 aliphatic rings. The van der Waals surface area contributed by atoms with E-state index in [1.165, 1.54) is 24.3 Å². The summed E-state index contributed by atoms with van der Waals surface area (Å²) >= 11 is 0. The summed E-state index contributed by atoms with van der Waals surface area (Å²) in [5.41, 5.74) is 8.04. The van der Waals surface area contributed by atoms with Crippen molar-refractivity contribution >= 4 is 20.9 Å². The van der Waals surface area contributed by atoms with Crippen LogP contribution < -0.4 is 0 Å². The van der Waals surface area contributed by atoms with E-state index in [9.17, 15) is 9.13 Å². The van der Waals surface area contributed by atoms with E-state index >= 15 is 0 Å². The molecule has 0 amide bonds. The first kappa shape index (κ1) is 15.0. The fourth-order valence-electron chi connectivity index (χ4n) is 1.38. The second kappa shape index (κ2) is 5.26. The molecule has 0 atom stereocenters. The van der Waals surface area contributed by atoms with Crippen LogP contribution in [-0.4, -0.2) is 35.5 Å². The SMILES string of the molecule is [N-]=[N+]=C(c1ccccc1)C(P(=O)(O)O)P(=O)(O)O. The standard InChI is InChI=1S/C8H10N2O6P2/c9-10-7(6-4-2-1-3-5-6)8(17(11,12)13)18(14,15)16/h1-5,8H,(H2,11,12,13)(H2,14,15,16). The van der Waals surface area contributed by atoms with Gasteiger partial charge in [-0.2, -0.15) is 4.79 Å². The van der Waals surface area contributed by atoms with Crippen molar-refractivity contribution < 1.29 is 33.5 Å². The van der Waals surface area contributed by atoms with E-state index in [2.05, 4.69) is 4.79 Å². The number of hydrogen-bond donors (Lipinski definition) is 4. The van der Waals surface area contributed by atoms with Gasteiger partial charge in [0.2, 0.25) is 0 Å². The van der Waals surface area contributed by atoms with Crippen LogP contribution in [0.4, 0.5) is 0 Å². The van der Waals surface area contributed by atoms with E-state index in [1.54, 1.807) is 6.07 Å². The molecule has 0 aliphatic heterocycles. The van der Waals surface area contributed by atoms with Gasteiger partial charge in [0.15, 0.2) is 0 Å². The van der Waals surface area contributed by atoms with Gasteiger partial charge in [-0.25, -0.2) is 0 Å². The first-order valence-corrected chi connectivity index (χ1v) is 7.92. The molecular formula is C8H10N2O6P2. The fourth-order valence-corrected chi connectivity index (χ4v) is 3.99. The molecule has 4 N–H and O–H groups in total. The van der Waals surface area contributed by atoms with Crippen LogP contribution in [0.3, 0.4) is 0 Å². The van der Waals surface area contributed by atoms with Crippen LogP contribution in [0.15, 0.2) is 30.3 Å². The Bertz CT molecular complexity index is 549. The highest BCUT2D eigenvalue weighted by Crippen LogP contribution is 2.60. The highest BCUT2D eigenvalue weighted by Gasteiger charge is 2.52. The van der Waals surface area contributed by atoms with E-state index < -0.39 is 26.3 Å². The first-order valence-electron chi connectivity index (χ1n) is 4.55. The number of benzene rings is 1. The van der Waals surface area contributed by atoms with Crippen molar-refractivity contribution in [2.45, 2.75) is 5.40 Å². The Balaban J connectivity index is 3.44. The number of rotatable bonds is 4. The van der Waals surface area contributed by atoms with E-state index in [-0.39, 0.29) is 5.56 Å².